The summed E-state index contributed by atoms with van der Waals surface area (Å²) in [5, 5.41) is 12.8. The van der Waals surface area contributed by atoms with E-state index in [1.165, 1.54) is 5.56 Å². The Kier molecular flexibility index (Phi) is 9.27. The van der Waals surface area contributed by atoms with E-state index in [1.807, 2.05) is 25.1 Å². The van der Waals surface area contributed by atoms with Crippen molar-refractivity contribution >= 4 is 0 Å². The zero-order valence-electron chi connectivity index (χ0n) is 11.7. The molecule has 1 atom stereocenters. The summed E-state index contributed by atoms with van der Waals surface area (Å²) in [5.74, 6) is 0. The molecule has 4 nitrogen and oxygen atoms in total. The fraction of sp³-hybridized carbons (Fsp3) is 0.600. The van der Waals surface area contributed by atoms with Crippen LogP contribution in [0, 0.1) is 0 Å². The van der Waals surface area contributed by atoms with Crippen molar-refractivity contribution in [2.24, 2.45) is 0 Å². The molecule has 1 unspecified atom stereocenters. The lowest BCUT2D eigenvalue weighted by atomic mass is 10.2. The standard InChI is InChI=1S/C15H25NO3/c1-2-18-12-15(17)13-19-10-6-9-16-11-14-7-4-3-5-8-14/h3-5,7-8,15-17H,2,6,9-13H2,1H3. The van der Waals surface area contributed by atoms with Crippen LogP contribution in [0.15, 0.2) is 30.3 Å². The van der Waals surface area contributed by atoms with Gasteiger partial charge in [0, 0.05) is 19.8 Å². The lowest BCUT2D eigenvalue weighted by Crippen LogP contribution is -2.23. The molecule has 0 heterocycles. The molecule has 0 radical (unpaired) electrons. The fourth-order valence-corrected chi connectivity index (χ4v) is 1.65. The molecule has 0 aliphatic heterocycles. The van der Waals surface area contributed by atoms with Gasteiger partial charge in [-0.05, 0) is 25.5 Å². The van der Waals surface area contributed by atoms with Crippen LogP contribution < -0.4 is 5.32 Å². The molecule has 0 saturated carbocycles. The molecule has 108 valence electrons. The zero-order chi connectivity index (χ0) is 13.8. The summed E-state index contributed by atoms with van der Waals surface area (Å²) in [6.07, 6.45) is 0.422. The quantitative estimate of drug-likeness (QED) is 0.598. The summed E-state index contributed by atoms with van der Waals surface area (Å²) in [4.78, 5) is 0. The molecule has 0 fully saturated rings. The maximum absolute atomic E-state index is 9.47. The van der Waals surface area contributed by atoms with Gasteiger partial charge in [0.2, 0.25) is 0 Å². The lowest BCUT2D eigenvalue weighted by Gasteiger charge is -2.11. The summed E-state index contributed by atoms with van der Waals surface area (Å²) in [5.41, 5.74) is 1.29. The molecule has 1 aromatic carbocycles. The van der Waals surface area contributed by atoms with Gasteiger partial charge in [0.15, 0.2) is 0 Å². The lowest BCUT2D eigenvalue weighted by molar-refractivity contribution is -0.0164. The highest BCUT2D eigenvalue weighted by Crippen LogP contribution is 1.97. The summed E-state index contributed by atoms with van der Waals surface area (Å²) in [6, 6.07) is 10.3. The SMILES string of the molecule is CCOCC(O)COCCCNCc1ccccc1. The predicted octanol–water partition coefficient (Wildman–Crippen LogP) is 1.58. The maximum Gasteiger partial charge on any atom is 0.101 e. The molecule has 2 N–H and O–H groups in total. The van der Waals surface area contributed by atoms with Crippen molar-refractivity contribution in [1.82, 2.24) is 5.32 Å². The van der Waals surface area contributed by atoms with Gasteiger partial charge in [0.25, 0.3) is 0 Å². The third kappa shape index (κ3) is 8.72. The summed E-state index contributed by atoms with van der Waals surface area (Å²) < 4.78 is 10.5. The molecule has 0 aliphatic rings. The maximum atomic E-state index is 9.47. The van der Waals surface area contributed by atoms with Gasteiger partial charge in [-0.1, -0.05) is 30.3 Å². The molecule has 1 aromatic rings. The van der Waals surface area contributed by atoms with E-state index in [4.69, 9.17) is 9.47 Å². The third-order valence-corrected chi connectivity index (χ3v) is 2.64. The van der Waals surface area contributed by atoms with Crippen LogP contribution in [-0.4, -0.2) is 44.2 Å². The van der Waals surface area contributed by atoms with E-state index in [2.05, 4.69) is 17.4 Å². The van der Waals surface area contributed by atoms with Crippen LogP contribution >= 0.6 is 0 Å². The molecule has 0 saturated heterocycles. The van der Waals surface area contributed by atoms with Crippen molar-refractivity contribution in [1.29, 1.82) is 0 Å². The number of ether oxygens (including phenoxy) is 2. The van der Waals surface area contributed by atoms with Gasteiger partial charge in [0.1, 0.15) is 6.10 Å². The zero-order valence-corrected chi connectivity index (χ0v) is 11.7. The highest BCUT2D eigenvalue weighted by molar-refractivity contribution is 5.14. The number of hydrogen-bond acceptors (Lipinski definition) is 4. The highest BCUT2D eigenvalue weighted by atomic mass is 16.5. The van der Waals surface area contributed by atoms with Gasteiger partial charge in [0.05, 0.1) is 13.2 Å². The van der Waals surface area contributed by atoms with Gasteiger partial charge < -0.3 is 19.9 Å². The van der Waals surface area contributed by atoms with Crippen LogP contribution in [0.2, 0.25) is 0 Å². The summed E-state index contributed by atoms with van der Waals surface area (Å²) in [7, 11) is 0. The topological polar surface area (TPSA) is 50.7 Å². The van der Waals surface area contributed by atoms with Crippen LogP contribution in [0.1, 0.15) is 18.9 Å². The van der Waals surface area contributed by atoms with Gasteiger partial charge in [-0.3, -0.25) is 0 Å². The van der Waals surface area contributed by atoms with Crippen LogP contribution in [0.25, 0.3) is 0 Å². The van der Waals surface area contributed by atoms with E-state index in [1.54, 1.807) is 0 Å². The second-order valence-corrected chi connectivity index (χ2v) is 4.40. The smallest absolute Gasteiger partial charge is 0.101 e. The van der Waals surface area contributed by atoms with Crippen molar-refractivity contribution in [3.63, 3.8) is 0 Å². The van der Waals surface area contributed by atoms with E-state index in [-0.39, 0.29) is 0 Å². The van der Waals surface area contributed by atoms with Crippen molar-refractivity contribution in [3.05, 3.63) is 35.9 Å². The van der Waals surface area contributed by atoms with E-state index < -0.39 is 6.10 Å². The van der Waals surface area contributed by atoms with Gasteiger partial charge in [-0.25, -0.2) is 0 Å². The van der Waals surface area contributed by atoms with E-state index in [9.17, 15) is 5.11 Å². The molecule has 0 aliphatic carbocycles. The average molecular weight is 267 g/mol. The minimum atomic E-state index is -0.516. The molecule has 0 spiro atoms. The Balaban J connectivity index is 1.89. The minimum absolute atomic E-state index is 0.346. The Bertz CT molecular complexity index is 306. The highest BCUT2D eigenvalue weighted by Gasteiger charge is 2.03. The minimum Gasteiger partial charge on any atom is -0.388 e. The Morgan fingerprint density at radius 3 is 2.63 bits per heavy atom. The first-order valence-corrected chi connectivity index (χ1v) is 6.91. The van der Waals surface area contributed by atoms with Gasteiger partial charge >= 0.3 is 0 Å². The van der Waals surface area contributed by atoms with Crippen LogP contribution in [0.4, 0.5) is 0 Å². The molecular formula is C15H25NO3. The Hall–Kier alpha value is -0.940. The molecule has 4 heteroatoms. The Labute approximate surface area is 115 Å². The second kappa shape index (κ2) is 10.9. The second-order valence-electron chi connectivity index (χ2n) is 4.40. The molecule has 1 rings (SSSR count). The van der Waals surface area contributed by atoms with Gasteiger partial charge in [-0.15, -0.1) is 0 Å². The number of aliphatic hydroxyl groups is 1. The van der Waals surface area contributed by atoms with E-state index in [0.29, 0.717) is 26.4 Å². The monoisotopic (exact) mass is 267 g/mol. The van der Waals surface area contributed by atoms with Crippen LogP contribution in [-0.2, 0) is 16.0 Å². The van der Waals surface area contributed by atoms with E-state index in [0.717, 1.165) is 19.5 Å². The van der Waals surface area contributed by atoms with Crippen LogP contribution in [0.5, 0.6) is 0 Å². The summed E-state index contributed by atoms with van der Waals surface area (Å²) >= 11 is 0. The first kappa shape index (κ1) is 16.1. The Morgan fingerprint density at radius 1 is 1.16 bits per heavy atom. The molecule has 19 heavy (non-hydrogen) atoms. The van der Waals surface area contributed by atoms with Crippen molar-refractivity contribution < 1.29 is 14.6 Å². The average Bonchev–Trinajstić information content (AvgIpc) is 2.45. The van der Waals surface area contributed by atoms with Crippen LogP contribution in [0.3, 0.4) is 0 Å². The largest absolute Gasteiger partial charge is 0.388 e. The number of benzene rings is 1. The summed E-state index contributed by atoms with van der Waals surface area (Å²) in [6.45, 7) is 5.68. The molecule has 0 aromatic heterocycles. The normalized spacial score (nSPS) is 12.5. The molecule has 0 bridgehead atoms. The van der Waals surface area contributed by atoms with Crippen molar-refractivity contribution in [2.75, 3.05) is 33.0 Å². The first-order chi connectivity index (χ1) is 9.33. The number of aliphatic hydroxyl groups excluding tert-OH is 1. The Morgan fingerprint density at radius 2 is 1.89 bits per heavy atom. The van der Waals surface area contributed by atoms with Gasteiger partial charge in [-0.2, -0.15) is 0 Å². The predicted molar refractivity (Wildman–Crippen MR) is 76.1 cm³/mol. The number of hydrogen-bond donors (Lipinski definition) is 2. The van der Waals surface area contributed by atoms with Crippen molar-refractivity contribution in [2.45, 2.75) is 26.0 Å². The van der Waals surface area contributed by atoms with Crippen molar-refractivity contribution in [3.8, 4) is 0 Å². The molecular weight excluding hydrogens is 242 g/mol. The fourth-order valence-electron chi connectivity index (χ4n) is 1.65. The molecule has 0 amide bonds. The van der Waals surface area contributed by atoms with E-state index >= 15 is 0 Å². The number of nitrogens with one attached hydrogen (secondary N) is 1. The number of rotatable bonds is 11. The first-order valence-electron chi connectivity index (χ1n) is 6.91. The third-order valence-electron chi connectivity index (χ3n) is 2.64.